The zero-order valence-electron chi connectivity index (χ0n) is 10.7. The van der Waals surface area contributed by atoms with Crippen LogP contribution in [0.3, 0.4) is 0 Å². The summed E-state index contributed by atoms with van der Waals surface area (Å²) in [5, 5.41) is 0. The highest BCUT2D eigenvalue weighted by atomic mass is 16.5. The largest absolute Gasteiger partial charge is 0.462 e. The van der Waals surface area contributed by atoms with Gasteiger partial charge in [0.25, 0.3) is 0 Å². The highest BCUT2D eigenvalue weighted by molar-refractivity contribution is 5.94. The summed E-state index contributed by atoms with van der Waals surface area (Å²) in [5.41, 5.74) is 1.83. The van der Waals surface area contributed by atoms with Crippen LogP contribution < -0.4 is 4.74 Å². The fourth-order valence-corrected chi connectivity index (χ4v) is 1.98. The minimum absolute atomic E-state index is 0.319. The van der Waals surface area contributed by atoms with Gasteiger partial charge in [-0.1, -0.05) is 12.1 Å². The Morgan fingerprint density at radius 3 is 2.00 bits per heavy atom. The molecule has 2 aromatic carbocycles. The van der Waals surface area contributed by atoms with Gasteiger partial charge in [0, 0.05) is 6.42 Å². The number of benzene rings is 2. The molecule has 100 valence electrons. The lowest BCUT2D eigenvalue weighted by molar-refractivity contribution is 0.0508. The molecule has 4 aliphatic rings. The molecule has 0 spiro atoms. The average molecular weight is 268 g/mol. The maximum Gasteiger partial charge on any atom is 0.343 e. The molecule has 0 fully saturated rings. The molecule has 4 heteroatoms. The number of hydrogen-bond donors (Lipinski definition) is 0. The van der Waals surface area contributed by atoms with E-state index < -0.39 is 11.9 Å². The lowest BCUT2D eigenvalue weighted by Gasteiger charge is -2.09. The molecule has 0 aromatic heterocycles. The Morgan fingerprint density at radius 2 is 1.35 bits per heavy atom. The summed E-state index contributed by atoms with van der Waals surface area (Å²) in [6.45, 7) is 0.319. The number of ether oxygens (including phenoxy) is 2. The van der Waals surface area contributed by atoms with Crippen LogP contribution in [0, 0.1) is 0 Å². The van der Waals surface area contributed by atoms with Crippen LogP contribution in [0.2, 0.25) is 0 Å². The quantitative estimate of drug-likeness (QED) is 0.544. The molecule has 0 saturated carbocycles. The number of esters is 2. The Labute approximate surface area is 115 Å². The Bertz CT molecular complexity index is 641. The van der Waals surface area contributed by atoms with Gasteiger partial charge in [0.2, 0.25) is 0 Å². The highest BCUT2D eigenvalue weighted by Crippen LogP contribution is 2.16. The molecule has 4 heterocycles. The van der Waals surface area contributed by atoms with Crippen LogP contribution in [-0.2, 0) is 11.2 Å². The van der Waals surface area contributed by atoms with E-state index >= 15 is 0 Å². The predicted octanol–water partition coefficient (Wildman–Crippen LogP) is 2.62. The van der Waals surface area contributed by atoms with Crippen molar-refractivity contribution in [3.63, 3.8) is 0 Å². The summed E-state index contributed by atoms with van der Waals surface area (Å²) < 4.78 is 10.5. The second-order valence-electron chi connectivity index (χ2n) is 4.50. The molecule has 20 heavy (non-hydrogen) atoms. The van der Waals surface area contributed by atoms with E-state index in [9.17, 15) is 9.59 Å². The maximum absolute atomic E-state index is 11.9. The van der Waals surface area contributed by atoms with E-state index in [1.54, 1.807) is 36.4 Å². The molecule has 0 atom stereocenters. The molecule has 0 saturated heterocycles. The van der Waals surface area contributed by atoms with Crippen LogP contribution in [0.25, 0.3) is 0 Å². The highest BCUT2D eigenvalue weighted by Gasteiger charge is 2.12. The molecular weight excluding hydrogens is 256 g/mol. The molecule has 4 aliphatic heterocycles. The molecule has 4 nitrogen and oxygen atoms in total. The first kappa shape index (κ1) is 12.4. The second kappa shape index (κ2) is 5.17. The van der Waals surface area contributed by atoms with Crippen molar-refractivity contribution in [2.75, 3.05) is 6.61 Å². The van der Waals surface area contributed by atoms with Crippen molar-refractivity contribution >= 4 is 11.9 Å². The van der Waals surface area contributed by atoms with Gasteiger partial charge in [0.1, 0.15) is 5.75 Å². The van der Waals surface area contributed by atoms with Gasteiger partial charge in [-0.25, -0.2) is 9.59 Å². The third-order valence-corrected chi connectivity index (χ3v) is 3.11. The van der Waals surface area contributed by atoms with Gasteiger partial charge in [-0.15, -0.1) is 0 Å². The van der Waals surface area contributed by atoms with Gasteiger partial charge < -0.3 is 9.47 Å². The van der Waals surface area contributed by atoms with Crippen molar-refractivity contribution in [2.45, 2.75) is 6.42 Å². The predicted molar refractivity (Wildman–Crippen MR) is 71.8 cm³/mol. The molecule has 0 aliphatic carbocycles. The molecule has 0 radical (unpaired) electrons. The molecule has 4 bridgehead atoms. The van der Waals surface area contributed by atoms with Crippen LogP contribution in [0.5, 0.6) is 5.75 Å². The van der Waals surface area contributed by atoms with Gasteiger partial charge in [0.15, 0.2) is 0 Å². The molecular formula is C16H12O4. The van der Waals surface area contributed by atoms with Crippen LogP contribution in [0.15, 0.2) is 48.5 Å². The van der Waals surface area contributed by atoms with E-state index in [1.165, 1.54) is 0 Å². The van der Waals surface area contributed by atoms with Crippen molar-refractivity contribution in [3.05, 3.63) is 65.2 Å². The van der Waals surface area contributed by atoms with Gasteiger partial charge in [-0.2, -0.15) is 0 Å². The lowest BCUT2D eigenvalue weighted by Crippen LogP contribution is -2.12. The van der Waals surface area contributed by atoms with Gasteiger partial charge in [-0.3, -0.25) is 0 Å². The summed E-state index contributed by atoms with van der Waals surface area (Å²) in [4.78, 5) is 23.7. The summed E-state index contributed by atoms with van der Waals surface area (Å²) in [5.74, 6) is -0.342. The zero-order valence-corrected chi connectivity index (χ0v) is 10.7. The lowest BCUT2D eigenvalue weighted by atomic mass is 10.1. The van der Waals surface area contributed by atoms with Crippen LogP contribution in [0.4, 0.5) is 0 Å². The summed E-state index contributed by atoms with van der Waals surface area (Å²) >= 11 is 0. The zero-order chi connectivity index (χ0) is 13.9. The SMILES string of the molecule is O=C1OCCc2ccc(cc2)OC(=O)c2ccc1cc2. The first-order valence-corrected chi connectivity index (χ1v) is 6.31. The third kappa shape index (κ3) is 2.54. The minimum Gasteiger partial charge on any atom is -0.462 e. The van der Waals surface area contributed by atoms with E-state index in [1.807, 2.05) is 12.1 Å². The Morgan fingerprint density at radius 1 is 0.750 bits per heavy atom. The van der Waals surface area contributed by atoms with Crippen LogP contribution in [0.1, 0.15) is 26.3 Å². The number of hydrogen-bond acceptors (Lipinski definition) is 4. The van der Waals surface area contributed by atoms with Crippen molar-refractivity contribution in [1.82, 2.24) is 0 Å². The molecule has 0 amide bonds. The van der Waals surface area contributed by atoms with Crippen molar-refractivity contribution in [1.29, 1.82) is 0 Å². The molecule has 0 unspecified atom stereocenters. The van der Waals surface area contributed by atoms with Crippen molar-refractivity contribution in [2.24, 2.45) is 0 Å². The first-order chi connectivity index (χ1) is 9.72. The van der Waals surface area contributed by atoms with E-state index in [2.05, 4.69) is 0 Å². The second-order valence-corrected chi connectivity index (χ2v) is 4.50. The number of carbonyl (C=O) groups is 2. The van der Waals surface area contributed by atoms with E-state index in [-0.39, 0.29) is 0 Å². The number of carbonyl (C=O) groups excluding carboxylic acids is 2. The molecule has 6 rings (SSSR count). The van der Waals surface area contributed by atoms with Gasteiger partial charge in [-0.05, 0) is 42.0 Å². The third-order valence-electron chi connectivity index (χ3n) is 3.11. The first-order valence-electron chi connectivity index (χ1n) is 6.31. The van der Waals surface area contributed by atoms with E-state index in [0.29, 0.717) is 29.9 Å². The van der Waals surface area contributed by atoms with Gasteiger partial charge >= 0.3 is 11.9 Å². The standard InChI is InChI=1S/C16H12O4/c17-15-12-3-5-13(6-4-12)16(18)20-14-7-1-11(2-8-14)9-10-19-15/h1-8H,9-10H2. The Hall–Kier alpha value is -2.62. The normalized spacial score (nSPS) is 14.6. The Kier molecular flexibility index (Phi) is 3.21. The Balaban J connectivity index is 1.97. The fraction of sp³-hybridized carbons (Fsp3) is 0.125. The molecule has 0 N–H and O–H groups in total. The monoisotopic (exact) mass is 268 g/mol. The summed E-state index contributed by atoms with van der Waals surface area (Å²) in [6, 6.07) is 13.4. The number of rotatable bonds is 0. The van der Waals surface area contributed by atoms with Crippen LogP contribution in [-0.4, -0.2) is 18.5 Å². The van der Waals surface area contributed by atoms with E-state index in [4.69, 9.17) is 9.47 Å². The molecule has 2 aromatic rings. The summed E-state index contributed by atoms with van der Waals surface area (Å²) in [6.07, 6.45) is 0.623. The maximum atomic E-state index is 11.9. The fourth-order valence-electron chi connectivity index (χ4n) is 1.98. The van der Waals surface area contributed by atoms with Crippen molar-refractivity contribution < 1.29 is 19.1 Å². The average Bonchev–Trinajstić information content (AvgIpc) is 2.48. The smallest absolute Gasteiger partial charge is 0.343 e. The van der Waals surface area contributed by atoms with Crippen molar-refractivity contribution in [3.8, 4) is 5.75 Å². The topological polar surface area (TPSA) is 52.6 Å². The van der Waals surface area contributed by atoms with E-state index in [0.717, 1.165) is 5.56 Å². The summed E-state index contributed by atoms with van der Waals surface area (Å²) in [7, 11) is 0. The minimum atomic E-state index is -0.449. The van der Waals surface area contributed by atoms with Gasteiger partial charge in [0.05, 0.1) is 17.7 Å². The van der Waals surface area contributed by atoms with Crippen LogP contribution >= 0.6 is 0 Å².